The van der Waals surface area contributed by atoms with Crippen molar-refractivity contribution >= 4 is 11.6 Å². The monoisotopic (exact) mass is 284 g/mol. The van der Waals surface area contributed by atoms with Gasteiger partial charge in [-0.2, -0.15) is 0 Å². The van der Waals surface area contributed by atoms with Gasteiger partial charge in [0.25, 0.3) is 0 Å². The molecule has 0 aliphatic carbocycles. The lowest BCUT2D eigenvalue weighted by atomic mass is 10.0. The maximum absolute atomic E-state index is 12.0. The lowest BCUT2D eigenvalue weighted by molar-refractivity contribution is -0.116. The van der Waals surface area contributed by atoms with Crippen molar-refractivity contribution in [3.8, 4) is 5.75 Å². The molecule has 0 radical (unpaired) electrons. The Hall–Kier alpha value is -2.33. The summed E-state index contributed by atoms with van der Waals surface area (Å²) in [4.78, 5) is 12.0. The predicted octanol–water partition coefficient (Wildman–Crippen LogP) is 3.11. The Labute approximate surface area is 124 Å². The normalized spacial score (nSPS) is 11.7. The van der Waals surface area contributed by atoms with E-state index in [0.29, 0.717) is 12.3 Å². The molecule has 1 atom stereocenters. The minimum atomic E-state index is -0.304. The fraction of sp³-hybridized carbons (Fsp3) is 0.235. The van der Waals surface area contributed by atoms with Gasteiger partial charge >= 0.3 is 0 Å². The van der Waals surface area contributed by atoms with E-state index in [9.17, 15) is 4.79 Å². The Bertz CT molecular complexity index is 584. The highest BCUT2D eigenvalue weighted by atomic mass is 16.5. The molecule has 0 aliphatic heterocycles. The van der Waals surface area contributed by atoms with Crippen LogP contribution in [0.5, 0.6) is 5.75 Å². The SMILES string of the molecule is CCOc1cccc(NC(=O)CC(N)c2ccccc2)c1. The Morgan fingerprint density at radius 3 is 2.67 bits per heavy atom. The molecule has 2 rings (SSSR count). The number of amides is 1. The van der Waals surface area contributed by atoms with E-state index in [4.69, 9.17) is 10.5 Å². The number of nitrogens with one attached hydrogen (secondary N) is 1. The van der Waals surface area contributed by atoms with Crippen molar-refractivity contribution in [3.05, 3.63) is 60.2 Å². The number of carbonyl (C=O) groups is 1. The number of hydrogen-bond acceptors (Lipinski definition) is 3. The second-order valence-corrected chi connectivity index (χ2v) is 4.73. The van der Waals surface area contributed by atoms with Gasteiger partial charge < -0.3 is 15.8 Å². The maximum Gasteiger partial charge on any atom is 0.226 e. The summed E-state index contributed by atoms with van der Waals surface area (Å²) in [5.41, 5.74) is 7.71. The first kappa shape index (κ1) is 15.1. The summed E-state index contributed by atoms with van der Waals surface area (Å²) in [6.45, 7) is 2.51. The van der Waals surface area contributed by atoms with Crippen molar-refractivity contribution in [2.24, 2.45) is 5.73 Å². The molecule has 0 heterocycles. The summed E-state index contributed by atoms with van der Waals surface area (Å²) >= 11 is 0. The van der Waals surface area contributed by atoms with Crippen molar-refractivity contribution in [3.63, 3.8) is 0 Å². The van der Waals surface area contributed by atoms with Crippen LogP contribution in [0.3, 0.4) is 0 Å². The average molecular weight is 284 g/mol. The van der Waals surface area contributed by atoms with Gasteiger partial charge in [-0.05, 0) is 24.6 Å². The van der Waals surface area contributed by atoms with E-state index in [2.05, 4.69) is 5.32 Å². The number of rotatable bonds is 6. The Morgan fingerprint density at radius 2 is 1.95 bits per heavy atom. The molecule has 4 heteroatoms. The molecule has 0 aromatic heterocycles. The number of hydrogen-bond donors (Lipinski definition) is 2. The third-order valence-corrected chi connectivity index (χ3v) is 3.06. The lowest BCUT2D eigenvalue weighted by Gasteiger charge is -2.12. The van der Waals surface area contributed by atoms with Crippen molar-refractivity contribution in [2.75, 3.05) is 11.9 Å². The van der Waals surface area contributed by atoms with E-state index in [-0.39, 0.29) is 18.4 Å². The third kappa shape index (κ3) is 4.61. The first-order chi connectivity index (χ1) is 10.2. The molecule has 2 aromatic carbocycles. The van der Waals surface area contributed by atoms with Crippen LogP contribution in [0.25, 0.3) is 0 Å². The van der Waals surface area contributed by atoms with Crippen LogP contribution in [-0.4, -0.2) is 12.5 Å². The number of benzene rings is 2. The van der Waals surface area contributed by atoms with Gasteiger partial charge in [-0.1, -0.05) is 36.4 Å². The highest BCUT2D eigenvalue weighted by molar-refractivity contribution is 5.91. The van der Waals surface area contributed by atoms with Crippen LogP contribution < -0.4 is 15.8 Å². The molecule has 110 valence electrons. The first-order valence-corrected chi connectivity index (χ1v) is 7.02. The molecule has 2 aromatic rings. The number of ether oxygens (including phenoxy) is 1. The molecule has 21 heavy (non-hydrogen) atoms. The molecule has 0 saturated heterocycles. The fourth-order valence-electron chi connectivity index (χ4n) is 2.06. The molecular formula is C17H20N2O2. The number of carbonyl (C=O) groups excluding carboxylic acids is 1. The molecular weight excluding hydrogens is 264 g/mol. The number of anilines is 1. The average Bonchev–Trinajstić information content (AvgIpc) is 2.48. The zero-order valence-corrected chi connectivity index (χ0v) is 12.1. The van der Waals surface area contributed by atoms with E-state index >= 15 is 0 Å². The molecule has 3 N–H and O–H groups in total. The second kappa shape index (κ2) is 7.45. The van der Waals surface area contributed by atoms with E-state index < -0.39 is 0 Å². The van der Waals surface area contributed by atoms with Gasteiger partial charge in [0, 0.05) is 24.2 Å². The zero-order chi connectivity index (χ0) is 15.1. The number of nitrogens with two attached hydrogens (primary N) is 1. The molecule has 1 amide bonds. The second-order valence-electron chi connectivity index (χ2n) is 4.73. The van der Waals surface area contributed by atoms with Crippen LogP contribution in [0.1, 0.15) is 24.9 Å². The highest BCUT2D eigenvalue weighted by Gasteiger charge is 2.11. The maximum atomic E-state index is 12.0. The molecule has 0 aliphatic rings. The Balaban J connectivity index is 1.94. The standard InChI is InChI=1S/C17H20N2O2/c1-2-21-15-10-6-9-14(11-15)19-17(20)12-16(18)13-7-4-3-5-8-13/h3-11,16H,2,12,18H2,1H3,(H,19,20). The smallest absolute Gasteiger partial charge is 0.226 e. The predicted molar refractivity (Wildman–Crippen MR) is 84.2 cm³/mol. The molecule has 0 bridgehead atoms. The fourth-order valence-corrected chi connectivity index (χ4v) is 2.06. The summed E-state index contributed by atoms with van der Waals surface area (Å²) in [6.07, 6.45) is 0.239. The summed E-state index contributed by atoms with van der Waals surface area (Å²) in [7, 11) is 0. The van der Waals surface area contributed by atoms with Crippen LogP contribution in [0.15, 0.2) is 54.6 Å². The summed E-state index contributed by atoms with van der Waals surface area (Å²) in [5, 5.41) is 2.84. The van der Waals surface area contributed by atoms with E-state index in [1.165, 1.54) is 0 Å². The van der Waals surface area contributed by atoms with Crippen LogP contribution in [-0.2, 0) is 4.79 Å². The van der Waals surface area contributed by atoms with Gasteiger partial charge in [0.05, 0.1) is 6.61 Å². The van der Waals surface area contributed by atoms with Gasteiger partial charge in [-0.25, -0.2) is 0 Å². The highest BCUT2D eigenvalue weighted by Crippen LogP contribution is 2.19. The van der Waals surface area contributed by atoms with Gasteiger partial charge in [-0.15, -0.1) is 0 Å². The largest absolute Gasteiger partial charge is 0.494 e. The quantitative estimate of drug-likeness (QED) is 0.856. The lowest BCUT2D eigenvalue weighted by Crippen LogP contribution is -2.20. The summed E-state index contributed by atoms with van der Waals surface area (Å²) < 4.78 is 5.40. The minimum Gasteiger partial charge on any atom is -0.494 e. The van der Waals surface area contributed by atoms with Gasteiger partial charge in [0.2, 0.25) is 5.91 Å². The first-order valence-electron chi connectivity index (χ1n) is 7.02. The molecule has 1 unspecified atom stereocenters. The topological polar surface area (TPSA) is 64.3 Å². The van der Waals surface area contributed by atoms with Crippen molar-refractivity contribution in [1.29, 1.82) is 0 Å². The van der Waals surface area contributed by atoms with Gasteiger partial charge in [-0.3, -0.25) is 4.79 Å². The van der Waals surface area contributed by atoms with Crippen LogP contribution in [0.2, 0.25) is 0 Å². The van der Waals surface area contributed by atoms with Crippen molar-refractivity contribution < 1.29 is 9.53 Å². The van der Waals surface area contributed by atoms with E-state index in [1.54, 1.807) is 6.07 Å². The van der Waals surface area contributed by atoms with Crippen LogP contribution >= 0.6 is 0 Å². The molecule has 0 fully saturated rings. The van der Waals surface area contributed by atoms with Crippen molar-refractivity contribution in [1.82, 2.24) is 0 Å². The zero-order valence-electron chi connectivity index (χ0n) is 12.1. The minimum absolute atomic E-state index is 0.111. The molecule has 0 spiro atoms. The van der Waals surface area contributed by atoms with E-state index in [1.807, 2.05) is 55.5 Å². The van der Waals surface area contributed by atoms with Gasteiger partial charge in [0.1, 0.15) is 5.75 Å². The van der Waals surface area contributed by atoms with Crippen LogP contribution in [0, 0.1) is 0 Å². The Morgan fingerprint density at radius 1 is 1.19 bits per heavy atom. The Kier molecular flexibility index (Phi) is 5.35. The third-order valence-electron chi connectivity index (χ3n) is 3.06. The summed E-state index contributed by atoms with van der Waals surface area (Å²) in [6, 6.07) is 16.6. The van der Waals surface area contributed by atoms with Crippen molar-refractivity contribution in [2.45, 2.75) is 19.4 Å². The van der Waals surface area contributed by atoms with E-state index in [0.717, 1.165) is 11.3 Å². The summed E-state index contributed by atoms with van der Waals surface area (Å²) in [5.74, 6) is 0.627. The molecule has 0 saturated carbocycles. The van der Waals surface area contributed by atoms with Crippen LogP contribution in [0.4, 0.5) is 5.69 Å². The van der Waals surface area contributed by atoms with Gasteiger partial charge in [0.15, 0.2) is 0 Å². The molecule has 4 nitrogen and oxygen atoms in total.